The minimum Gasteiger partial charge on any atom is -0.494 e. The number of halogens is 3. The lowest BCUT2D eigenvalue weighted by atomic mass is 10.1. The molecule has 6 heteroatoms. The van der Waals surface area contributed by atoms with Gasteiger partial charge in [-0.1, -0.05) is 0 Å². The zero-order chi connectivity index (χ0) is 15.4. The molecular formula is C15H11BrF2O3. The molecular weight excluding hydrogens is 346 g/mol. The SMILES string of the molecule is COc1ccc(C(=O)COc2ccc(F)cc2Br)cc1F. The minimum absolute atomic E-state index is 0.0637. The summed E-state index contributed by atoms with van der Waals surface area (Å²) in [4.78, 5) is 11.9. The second kappa shape index (κ2) is 6.67. The van der Waals surface area contributed by atoms with Crippen LogP contribution in [0.15, 0.2) is 40.9 Å². The average molecular weight is 357 g/mol. The number of methoxy groups -OCH3 is 1. The molecule has 0 aliphatic rings. The number of hydrogen-bond donors (Lipinski definition) is 0. The van der Waals surface area contributed by atoms with Crippen molar-refractivity contribution in [1.82, 2.24) is 0 Å². The van der Waals surface area contributed by atoms with Crippen LogP contribution in [0.4, 0.5) is 8.78 Å². The van der Waals surface area contributed by atoms with Crippen LogP contribution in [0.1, 0.15) is 10.4 Å². The molecule has 3 nitrogen and oxygen atoms in total. The van der Waals surface area contributed by atoms with Gasteiger partial charge in [0.25, 0.3) is 0 Å². The van der Waals surface area contributed by atoms with Crippen LogP contribution >= 0.6 is 15.9 Å². The molecule has 0 heterocycles. The van der Waals surface area contributed by atoms with Crippen molar-refractivity contribution in [2.24, 2.45) is 0 Å². The number of benzene rings is 2. The fourth-order valence-corrected chi connectivity index (χ4v) is 2.12. The molecule has 110 valence electrons. The maximum absolute atomic E-state index is 13.5. The predicted octanol–water partition coefficient (Wildman–Crippen LogP) is 4.00. The van der Waals surface area contributed by atoms with E-state index in [4.69, 9.17) is 9.47 Å². The first kappa shape index (κ1) is 15.4. The predicted molar refractivity (Wildman–Crippen MR) is 76.9 cm³/mol. The Hall–Kier alpha value is -1.95. The molecule has 0 amide bonds. The van der Waals surface area contributed by atoms with Crippen molar-refractivity contribution >= 4 is 21.7 Å². The summed E-state index contributed by atoms with van der Waals surface area (Å²) < 4.78 is 36.9. The van der Waals surface area contributed by atoms with Crippen LogP contribution in [-0.2, 0) is 0 Å². The van der Waals surface area contributed by atoms with E-state index in [0.29, 0.717) is 10.2 Å². The summed E-state index contributed by atoms with van der Waals surface area (Å²) in [6.45, 7) is -0.282. The Labute approximate surface area is 128 Å². The molecule has 0 spiro atoms. The van der Waals surface area contributed by atoms with Gasteiger partial charge in [0.1, 0.15) is 11.6 Å². The van der Waals surface area contributed by atoms with Gasteiger partial charge in [0, 0.05) is 5.56 Å². The summed E-state index contributed by atoms with van der Waals surface area (Å²) in [5.41, 5.74) is 0.173. The number of rotatable bonds is 5. The zero-order valence-corrected chi connectivity index (χ0v) is 12.6. The van der Waals surface area contributed by atoms with E-state index >= 15 is 0 Å². The van der Waals surface area contributed by atoms with Crippen molar-refractivity contribution in [2.45, 2.75) is 0 Å². The maximum atomic E-state index is 13.5. The van der Waals surface area contributed by atoms with Crippen molar-refractivity contribution in [3.05, 3.63) is 58.1 Å². The van der Waals surface area contributed by atoms with Crippen molar-refractivity contribution in [3.8, 4) is 11.5 Å². The molecule has 21 heavy (non-hydrogen) atoms. The van der Waals surface area contributed by atoms with Crippen LogP contribution in [0.5, 0.6) is 11.5 Å². The van der Waals surface area contributed by atoms with Crippen LogP contribution in [0.2, 0.25) is 0 Å². The number of ether oxygens (including phenoxy) is 2. The monoisotopic (exact) mass is 356 g/mol. The lowest BCUT2D eigenvalue weighted by molar-refractivity contribution is 0.0920. The molecule has 0 aliphatic carbocycles. The third-order valence-corrected chi connectivity index (χ3v) is 3.35. The summed E-state index contributed by atoms with van der Waals surface area (Å²) in [7, 11) is 1.34. The van der Waals surface area contributed by atoms with Gasteiger partial charge in [-0.2, -0.15) is 0 Å². The lowest BCUT2D eigenvalue weighted by Gasteiger charge is -2.08. The first-order chi connectivity index (χ1) is 10.0. The Morgan fingerprint density at radius 1 is 1.14 bits per heavy atom. The maximum Gasteiger partial charge on any atom is 0.200 e. The highest BCUT2D eigenvalue weighted by molar-refractivity contribution is 9.10. The molecule has 0 N–H and O–H groups in total. The largest absolute Gasteiger partial charge is 0.494 e. The number of ketones is 1. The normalized spacial score (nSPS) is 10.3. The first-order valence-electron chi connectivity index (χ1n) is 5.96. The molecule has 2 aromatic carbocycles. The zero-order valence-electron chi connectivity index (χ0n) is 11.0. The quantitative estimate of drug-likeness (QED) is 0.759. The van der Waals surface area contributed by atoms with Gasteiger partial charge in [0.05, 0.1) is 11.6 Å². The smallest absolute Gasteiger partial charge is 0.200 e. The van der Waals surface area contributed by atoms with Gasteiger partial charge in [0.2, 0.25) is 0 Å². The summed E-state index contributed by atoms with van der Waals surface area (Å²) in [5.74, 6) is -1.04. The molecule has 2 aromatic rings. The molecule has 0 saturated heterocycles. The highest BCUT2D eigenvalue weighted by Gasteiger charge is 2.12. The van der Waals surface area contributed by atoms with Gasteiger partial charge >= 0.3 is 0 Å². The second-order valence-electron chi connectivity index (χ2n) is 4.14. The molecule has 0 unspecified atom stereocenters. The second-order valence-corrected chi connectivity index (χ2v) is 4.99. The van der Waals surface area contributed by atoms with E-state index in [-0.39, 0.29) is 17.9 Å². The number of hydrogen-bond acceptors (Lipinski definition) is 3. The van der Waals surface area contributed by atoms with Gasteiger partial charge in [-0.3, -0.25) is 4.79 Å². The summed E-state index contributed by atoms with van der Waals surface area (Å²) in [6.07, 6.45) is 0. The Morgan fingerprint density at radius 2 is 1.86 bits per heavy atom. The number of carbonyl (C=O) groups excluding carboxylic acids is 1. The van der Waals surface area contributed by atoms with Crippen molar-refractivity contribution in [3.63, 3.8) is 0 Å². The molecule has 2 rings (SSSR count). The van der Waals surface area contributed by atoms with Crippen molar-refractivity contribution in [2.75, 3.05) is 13.7 Å². The molecule has 0 fully saturated rings. The van der Waals surface area contributed by atoms with E-state index in [1.54, 1.807) is 0 Å². The number of carbonyl (C=O) groups is 1. The molecule has 0 aliphatic heterocycles. The van der Waals surface area contributed by atoms with Crippen LogP contribution in [0.25, 0.3) is 0 Å². The Bertz CT molecular complexity index is 674. The Balaban J connectivity index is 2.06. The van der Waals surface area contributed by atoms with Crippen LogP contribution < -0.4 is 9.47 Å². The van der Waals surface area contributed by atoms with E-state index in [9.17, 15) is 13.6 Å². The molecule has 0 radical (unpaired) electrons. The topological polar surface area (TPSA) is 35.5 Å². The Kier molecular flexibility index (Phi) is 4.90. The third-order valence-electron chi connectivity index (χ3n) is 2.73. The van der Waals surface area contributed by atoms with Crippen LogP contribution in [0, 0.1) is 11.6 Å². The van der Waals surface area contributed by atoms with Gasteiger partial charge in [-0.25, -0.2) is 8.78 Å². The molecule has 0 aromatic heterocycles. The fourth-order valence-electron chi connectivity index (χ4n) is 1.66. The van der Waals surface area contributed by atoms with Gasteiger partial charge in [0.15, 0.2) is 24.0 Å². The van der Waals surface area contributed by atoms with E-state index in [1.807, 2.05) is 0 Å². The van der Waals surface area contributed by atoms with E-state index in [0.717, 1.165) is 6.07 Å². The summed E-state index contributed by atoms with van der Waals surface area (Å²) >= 11 is 3.13. The third kappa shape index (κ3) is 3.78. The standard InChI is InChI=1S/C15H11BrF2O3/c1-20-15-4-2-9(6-12(15)18)13(19)8-21-14-5-3-10(17)7-11(14)16/h2-7H,8H2,1H3. The molecule has 0 bridgehead atoms. The van der Waals surface area contributed by atoms with E-state index in [2.05, 4.69) is 15.9 Å². The van der Waals surface area contributed by atoms with Crippen LogP contribution in [-0.4, -0.2) is 19.5 Å². The van der Waals surface area contributed by atoms with Gasteiger partial charge < -0.3 is 9.47 Å². The van der Waals surface area contributed by atoms with Crippen molar-refractivity contribution in [1.29, 1.82) is 0 Å². The van der Waals surface area contributed by atoms with E-state index < -0.39 is 17.4 Å². The highest BCUT2D eigenvalue weighted by Crippen LogP contribution is 2.25. The van der Waals surface area contributed by atoms with E-state index in [1.165, 1.54) is 37.4 Å². The van der Waals surface area contributed by atoms with Gasteiger partial charge in [-0.05, 0) is 52.3 Å². The number of Topliss-reactive ketones (excluding diaryl/α,β-unsaturated/α-hetero) is 1. The molecule has 0 saturated carbocycles. The van der Waals surface area contributed by atoms with Crippen LogP contribution in [0.3, 0.4) is 0 Å². The van der Waals surface area contributed by atoms with Gasteiger partial charge in [-0.15, -0.1) is 0 Å². The fraction of sp³-hybridized carbons (Fsp3) is 0.133. The summed E-state index contributed by atoms with van der Waals surface area (Å²) in [5, 5.41) is 0. The highest BCUT2D eigenvalue weighted by atomic mass is 79.9. The first-order valence-corrected chi connectivity index (χ1v) is 6.75. The lowest BCUT2D eigenvalue weighted by Crippen LogP contribution is -2.12. The molecule has 0 atom stereocenters. The minimum atomic E-state index is -0.619. The summed E-state index contributed by atoms with van der Waals surface area (Å²) in [6, 6.07) is 7.76. The average Bonchev–Trinajstić information content (AvgIpc) is 2.46. The Morgan fingerprint density at radius 3 is 2.48 bits per heavy atom. The van der Waals surface area contributed by atoms with Crippen molar-refractivity contribution < 1.29 is 23.0 Å².